The Balaban J connectivity index is 1.86. The van der Waals surface area contributed by atoms with E-state index in [0.29, 0.717) is 11.7 Å². The average Bonchev–Trinajstić information content (AvgIpc) is 2.77. The summed E-state index contributed by atoms with van der Waals surface area (Å²) in [6.45, 7) is 5.55. The van der Waals surface area contributed by atoms with E-state index in [-0.39, 0.29) is 6.23 Å². The molecule has 3 rings (SSSR count). The van der Waals surface area contributed by atoms with E-state index < -0.39 is 0 Å². The highest BCUT2D eigenvalue weighted by atomic mass is 16.5. The molecule has 1 aromatic rings. The van der Waals surface area contributed by atoms with Crippen LogP contribution in [-0.4, -0.2) is 42.5 Å². The van der Waals surface area contributed by atoms with Gasteiger partial charge >= 0.3 is 0 Å². The van der Waals surface area contributed by atoms with E-state index in [0.717, 1.165) is 44.0 Å². The van der Waals surface area contributed by atoms with Gasteiger partial charge in [-0.15, -0.1) is 0 Å². The number of phenols is 1. The van der Waals surface area contributed by atoms with Crippen LogP contribution in [0.1, 0.15) is 24.8 Å². The Morgan fingerprint density at radius 1 is 1.33 bits per heavy atom. The zero-order valence-corrected chi connectivity index (χ0v) is 10.6. The molecule has 2 atom stereocenters. The van der Waals surface area contributed by atoms with Crippen molar-refractivity contribution in [3.8, 4) is 11.5 Å². The Kier molecular flexibility index (Phi) is 3.14. The predicted molar refractivity (Wildman–Crippen MR) is 67.9 cm³/mol. The topological polar surface area (TPSA) is 41.9 Å². The summed E-state index contributed by atoms with van der Waals surface area (Å²) in [5, 5.41) is 9.62. The lowest BCUT2D eigenvalue weighted by Gasteiger charge is -2.34. The second kappa shape index (κ2) is 4.78. The third-order valence-corrected chi connectivity index (χ3v) is 3.83. The van der Waals surface area contributed by atoms with Crippen LogP contribution in [0.4, 0.5) is 0 Å². The van der Waals surface area contributed by atoms with E-state index >= 15 is 0 Å². The van der Waals surface area contributed by atoms with Gasteiger partial charge in [0.1, 0.15) is 11.5 Å². The first-order chi connectivity index (χ1) is 8.79. The summed E-state index contributed by atoms with van der Waals surface area (Å²) in [4.78, 5) is 2.34. The van der Waals surface area contributed by atoms with E-state index in [1.54, 1.807) is 6.07 Å². The summed E-state index contributed by atoms with van der Waals surface area (Å²) in [7, 11) is 0. The molecule has 98 valence electrons. The largest absolute Gasteiger partial charge is 0.508 e. The molecular weight excluding hydrogens is 230 g/mol. The maximum atomic E-state index is 9.62. The fourth-order valence-electron chi connectivity index (χ4n) is 2.88. The number of hydrogen-bond acceptors (Lipinski definition) is 4. The number of ether oxygens (including phenoxy) is 2. The second-order valence-corrected chi connectivity index (χ2v) is 4.89. The van der Waals surface area contributed by atoms with Crippen molar-refractivity contribution in [1.29, 1.82) is 0 Å². The molecule has 1 aromatic carbocycles. The van der Waals surface area contributed by atoms with Crippen molar-refractivity contribution in [3.05, 3.63) is 23.8 Å². The number of nitrogens with zero attached hydrogens (tertiary/aromatic N) is 1. The summed E-state index contributed by atoms with van der Waals surface area (Å²) in [5.74, 6) is 1.57. The summed E-state index contributed by atoms with van der Waals surface area (Å²) < 4.78 is 11.5. The monoisotopic (exact) mass is 249 g/mol. The molecule has 0 bridgehead atoms. The zero-order valence-electron chi connectivity index (χ0n) is 10.6. The minimum absolute atomic E-state index is 0.0932. The zero-order chi connectivity index (χ0) is 12.5. The third-order valence-electron chi connectivity index (χ3n) is 3.83. The van der Waals surface area contributed by atoms with Crippen LogP contribution in [0.2, 0.25) is 0 Å². The number of aromatic hydroxyl groups is 1. The predicted octanol–water partition coefficient (Wildman–Crippen LogP) is 1.94. The molecule has 18 heavy (non-hydrogen) atoms. The van der Waals surface area contributed by atoms with Crippen molar-refractivity contribution in [3.63, 3.8) is 0 Å². The quantitative estimate of drug-likeness (QED) is 0.869. The van der Waals surface area contributed by atoms with Crippen LogP contribution in [0.3, 0.4) is 0 Å². The van der Waals surface area contributed by atoms with Gasteiger partial charge in [0.15, 0.2) is 6.23 Å². The average molecular weight is 249 g/mol. The van der Waals surface area contributed by atoms with E-state index in [2.05, 4.69) is 11.8 Å². The standard InChI is InChI=1S/C14H19NO3/c1-2-11-12-9-10(16)3-4-13(12)18-14(11)15-5-7-17-8-6-15/h3-4,9,11,14,16H,2,5-8H2,1H3. The molecule has 0 radical (unpaired) electrons. The fraction of sp³-hybridized carbons (Fsp3) is 0.571. The molecule has 2 aliphatic rings. The molecule has 0 saturated carbocycles. The molecular formula is C14H19NO3. The Labute approximate surface area is 107 Å². The van der Waals surface area contributed by atoms with Gasteiger partial charge in [0.05, 0.1) is 13.2 Å². The van der Waals surface area contributed by atoms with Crippen molar-refractivity contribution in [2.45, 2.75) is 25.5 Å². The lowest BCUT2D eigenvalue weighted by molar-refractivity contribution is -0.0468. The van der Waals surface area contributed by atoms with Crippen LogP contribution in [0.15, 0.2) is 18.2 Å². The van der Waals surface area contributed by atoms with Crippen LogP contribution in [0.25, 0.3) is 0 Å². The number of phenolic OH excluding ortho intramolecular Hbond substituents is 1. The number of hydrogen-bond donors (Lipinski definition) is 1. The van der Waals surface area contributed by atoms with Crippen LogP contribution in [0, 0.1) is 0 Å². The maximum absolute atomic E-state index is 9.62. The van der Waals surface area contributed by atoms with Gasteiger partial charge in [0.25, 0.3) is 0 Å². The molecule has 2 heterocycles. The highest BCUT2D eigenvalue weighted by molar-refractivity contribution is 5.45. The van der Waals surface area contributed by atoms with Crippen molar-refractivity contribution >= 4 is 0 Å². The highest BCUT2D eigenvalue weighted by Gasteiger charge is 2.37. The van der Waals surface area contributed by atoms with Crippen molar-refractivity contribution in [2.75, 3.05) is 26.3 Å². The van der Waals surface area contributed by atoms with Gasteiger partial charge in [-0.3, -0.25) is 4.90 Å². The maximum Gasteiger partial charge on any atom is 0.159 e. The van der Waals surface area contributed by atoms with Crippen LogP contribution in [-0.2, 0) is 4.74 Å². The first-order valence-corrected chi connectivity index (χ1v) is 6.61. The third kappa shape index (κ3) is 1.95. The Morgan fingerprint density at radius 2 is 2.11 bits per heavy atom. The Hall–Kier alpha value is -1.26. The summed E-state index contributed by atoms with van der Waals surface area (Å²) in [6.07, 6.45) is 1.11. The van der Waals surface area contributed by atoms with Crippen molar-refractivity contribution < 1.29 is 14.6 Å². The van der Waals surface area contributed by atoms with E-state index in [4.69, 9.17) is 9.47 Å². The van der Waals surface area contributed by atoms with Crippen molar-refractivity contribution in [1.82, 2.24) is 4.90 Å². The summed E-state index contributed by atoms with van der Waals surface area (Å²) in [6, 6.07) is 5.39. The van der Waals surface area contributed by atoms with Gasteiger partial charge in [0, 0.05) is 24.6 Å². The Bertz CT molecular complexity index is 429. The van der Waals surface area contributed by atoms with Crippen LogP contribution >= 0.6 is 0 Å². The van der Waals surface area contributed by atoms with Gasteiger partial charge in [-0.05, 0) is 24.6 Å². The van der Waals surface area contributed by atoms with Crippen molar-refractivity contribution in [2.24, 2.45) is 0 Å². The molecule has 2 unspecified atom stereocenters. The fourth-order valence-corrected chi connectivity index (χ4v) is 2.88. The molecule has 0 amide bonds. The number of fused-ring (bicyclic) bond motifs is 1. The molecule has 0 aromatic heterocycles. The molecule has 1 saturated heterocycles. The van der Waals surface area contributed by atoms with Crippen LogP contribution in [0.5, 0.6) is 11.5 Å². The minimum atomic E-state index is 0.0932. The molecule has 0 spiro atoms. The molecule has 1 N–H and O–H groups in total. The number of rotatable bonds is 2. The highest BCUT2D eigenvalue weighted by Crippen LogP contribution is 2.42. The molecule has 4 heteroatoms. The molecule has 4 nitrogen and oxygen atoms in total. The lowest BCUT2D eigenvalue weighted by Crippen LogP contribution is -2.47. The van der Waals surface area contributed by atoms with Crippen LogP contribution < -0.4 is 4.74 Å². The molecule has 0 aliphatic carbocycles. The second-order valence-electron chi connectivity index (χ2n) is 4.89. The Morgan fingerprint density at radius 3 is 2.83 bits per heavy atom. The summed E-state index contributed by atoms with van der Waals surface area (Å²) >= 11 is 0. The van der Waals surface area contributed by atoms with E-state index in [9.17, 15) is 5.11 Å². The van der Waals surface area contributed by atoms with E-state index in [1.165, 1.54) is 0 Å². The smallest absolute Gasteiger partial charge is 0.159 e. The van der Waals surface area contributed by atoms with E-state index in [1.807, 2.05) is 12.1 Å². The van der Waals surface area contributed by atoms with Gasteiger partial charge < -0.3 is 14.6 Å². The normalized spacial score (nSPS) is 27.8. The van der Waals surface area contributed by atoms with Gasteiger partial charge in [-0.2, -0.15) is 0 Å². The van der Waals surface area contributed by atoms with Gasteiger partial charge in [-0.25, -0.2) is 0 Å². The minimum Gasteiger partial charge on any atom is -0.508 e. The number of morpholine rings is 1. The first-order valence-electron chi connectivity index (χ1n) is 6.61. The molecule has 1 fully saturated rings. The lowest BCUT2D eigenvalue weighted by atomic mass is 9.95. The SMILES string of the molecule is CCC1c2cc(O)ccc2OC1N1CCOCC1. The molecule has 2 aliphatic heterocycles. The summed E-state index contributed by atoms with van der Waals surface area (Å²) in [5.41, 5.74) is 1.13. The van der Waals surface area contributed by atoms with Gasteiger partial charge in [-0.1, -0.05) is 6.92 Å². The number of benzene rings is 1. The first kappa shape index (κ1) is 11.8. The van der Waals surface area contributed by atoms with Gasteiger partial charge in [0.2, 0.25) is 0 Å².